The maximum Gasteiger partial charge on any atom is 0.148 e. The van der Waals surface area contributed by atoms with Gasteiger partial charge in [-0.3, -0.25) is 9.55 Å². The third kappa shape index (κ3) is 7.69. The third-order valence-electron chi connectivity index (χ3n) is 10.1. The first-order valence-electron chi connectivity index (χ1n) is 25.2. The van der Waals surface area contributed by atoms with Crippen LogP contribution >= 0.6 is 0 Å². The van der Waals surface area contributed by atoms with Gasteiger partial charge in [0.2, 0.25) is 0 Å². The van der Waals surface area contributed by atoms with Crippen molar-refractivity contribution in [3.05, 3.63) is 193 Å². The minimum Gasteiger partial charge on any atom is -0.507 e. The summed E-state index contributed by atoms with van der Waals surface area (Å²) in [4.78, 5) is 9.68. The summed E-state index contributed by atoms with van der Waals surface area (Å²) in [7, 11) is 0. The monoisotopic (exact) mass is 958 g/mol. The first-order chi connectivity index (χ1) is 33.5. The number of aromatic hydroxyl groups is 1. The molecular formula is C54H44N3OPt-. The third-order valence-corrected chi connectivity index (χ3v) is 10.1. The molecule has 5 heteroatoms. The number of imidazole rings is 1. The van der Waals surface area contributed by atoms with Crippen LogP contribution in [-0.4, -0.2) is 19.6 Å². The SMILES string of the molecule is [2H]c1nc(-c2[c-]c(-c3cccc4c3nc(-c3ccccc3O)n4-c3cc(-c4ccccc4)c(C([2H])([2H])[2H])cc3-c3ccccc3)cc(C(C)(C)C)c2)c([2H])c(-c2c([2H])c([2H])c(C([2H])([2H])[2H])c([2H])c2[2H])c1[2H].[Pt]. The molecule has 0 atom stereocenters. The Morgan fingerprint density at radius 3 is 2.02 bits per heavy atom. The van der Waals surface area contributed by atoms with Crippen molar-refractivity contribution in [3.8, 4) is 78.6 Å². The molecule has 1 N–H and O–H groups in total. The molecule has 0 spiro atoms. The first kappa shape index (κ1) is 26.6. The molecule has 59 heavy (non-hydrogen) atoms. The molecule has 0 unspecified atom stereocenters. The quantitative estimate of drug-likeness (QED) is 0.162. The normalized spacial score (nSPS) is 15.0. The molecule has 0 aliphatic heterocycles. The Morgan fingerprint density at radius 2 is 1.32 bits per heavy atom. The Balaban J connectivity index is 0.00000693. The second-order valence-electron chi connectivity index (χ2n) is 15.0. The summed E-state index contributed by atoms with van der Waals surface area (Å²) in [6.45, 7) is 0.459. The van der Waals surface area contributed by atoms with Crippen molar-refractivity contribution in [2.75, 3.05) is 0 Å². The van der Waals surface area contributed by atoms with Gasteiger partial charge in [-0.05, 0) is 88.9 Å². The molecule has 0 aliphatic carbocycles. The number of aromatic nitrogens is 3. The molecule has 292 valence electrons. The molecular weight excluding hydrogens is 902 g/mol. The van der Waals surface area contributed by atoms with E-state index in [2.05, 4.69) is 11.1 Å². The van der Waals surface area contributed by atoms with Crippen LogP contribution in [0.5, 0.6) is 5.75 Å². The second kappa shape index (κ2) is 16.1. The molecule has 7 aromatic carbocycles. The molecule has 0 fully saturated rings. The van der Waals surface area contributed by atoms with Gasteiger partial charge in [-0.2, -0.15) is 0 Å². The van der Waals surface area contributed by atoms with Crippen LogP contribution in [-0.2, 0) is 26.5 Å². The summed E-state index contributed by atoms with van der Waals surface area (Å²) in [6, 6.07) is 37.3. The van der Waals surface area contributed by atoms with Crippen molar-refractivity contribution in [2.24, 2.45) is 0 Å². The molecule has 9 aromatic rings. The van der Waals surface area contributed by atoms with Crippen LogP contribution in [0, 0.1) is 19.8 Å². The Labute approximate surface area is 379 Å². The van der Waals surface area contributed by atoms with Crippen LogP contribution in [0.2, 0.25) is 0 Å². The van der Waals surface area contributed by atoms with Gasteiger partial charge in [-0.1, -0.05) is 153 Å². The zero-order valence-electron chi connectivity index (χ0n) is 45.2. The van der Waals surface area contributed by atoms with Gasteiger partial charge in [0.15, 0.2) is 0 Å². The minimum absolute atomic E-state index is 0. The van der Waals surface area contributed by atoms with Crippen molar-refractivity contribution in [2.45, 2.75) is 39.9 Å². The van der Waals surface area contributed by atoms with Crippen molar-refractivity contribution in [3.63, 3.8) is 0 Å². The smallest absolute Gasteiger partial charge is 0.148 e. The van der Waals surface area contributed by atoms with E-state index in [1.165, 1.54) is 0 Å². The topological polar surface area (TPSA) is 50.9 Å². The maximum atomic E-state index is 11.5. The van der Waals surface area contributed by atoms with Gasteiger partial charge in [-0.15, -0.1) is 29.3 Å². The summed E-state index contributed by atoms with van der Waals surface area (Å²) < 4.78 is 114. The average Bonchev–Trinajstić information content (AvgIpc) is 3.71. The van der Waals surface area contributed by atoms with Crippen molar-refractivity contribution < 1.29 is 44.0 Å². The number of phenols is 1. The van der Waals surface area contributed by atoms with Gasteiger partial charge in [0, 0.05) is 46.7 Å². The molecule has 9 rings (SSSR count). The summed E-state index contributed by atoms with van der Waals surface area (Å²) in [5.41, 5.74) is 4.19. The minimum atomic E-state index is -2.99. The predicted molar refractivity (Wildman–Crippen MR) is 240 cm³/mol. The Bertz CT molecular complexity index is 3560. The number of rotatable bonds is 7. The van der Waals surface area contributed by atoms with Gasteiger partial charge >= 0.3 is 0 Å². The zero-order valence-corrected chi connectivity index (χ0v) is 34.5. The van der Waals surface area contributed by atoms with Crippen LogP contribution in [0.1, 0.15) is 55.3 Å². The van der Waals surface area contributed by atoms with Crippen molar-refractivity contribution in [1.82, 2.24) is 14.5 Å². The van der Waals surface area contributed by atoms with Crippen molar-refractivity contribution >= 4 is 11.0 Å². The Hall–Kier alpha value is -6.35. The summed E-state index contributed by atoms with van der Waals surface area (Å²) in [5.74, 6) is 0.283. The second-order valence-corrected chi connectivity index (χ2v) is 15.0. The zero-order chi connectivity index (χ0) is 51.1. The number of pyridine rings is 1. The largest absolute Gasteiger partial charge is 0.507 e. The number of nitrogens with zero attached hydrogens (tertiary/aromatic N) is 3. The van der Waals surface area contributed by atoms with Crippen LogP contribution in [0.4, 0.5) is 0 Å². The van der Waals surface area contributed by atoms with Crippen LogP contribution in [0.3, 0.4) is 0 Å². The van der Waals surface area contributed by atoms with Crippen molar-refractivity contribution in [1.29, 1.82) is 0 Å². The first-order valence-corrected chi connectivity index (χ1v) is 18.7. The molecule has 4 nitrogen and oxygen atoms in total. The fourth-order valence-electron chi connectivity index (χ4n) is 7.17. The average molecular weight is 959 g/mol. The standard InChI is InChI=1S/C54H44N3O.Pt/c1-35-23-25-37(26-24-35)40-27-28-55-48(33-40)42-30-41(31-43(32-42)54(3,4)5)44-20-14-21-49-52(44)56-53(45-19-12-13-22-51(45)58)57(49)50-34-46(38-15-8-6-9-16-38)36(2)29-47(50)39-17-10-7-11-18-39;/h6-29,31-34,58H,1-5H3;/q-1;/i1D3,2D3,23D,24D,25D,26D,27D,28D,33D;. The molecule has 0 aliphatic rings. The molecule has 2 heterocycles. The molecule has 0 saturated heterocycles. The van der Waals surface area contributed by atoms with Gasteiger partial charge in [0.25, 0.3) is 0 Å². The molecule has 0 radical (unpaired) electrons. The number of hydrogen-bond donors (Lipinski definition) is 1. The summed E-state index contributed by atoms with van der Waals surface area (Å²) >= 11 is 0. The Morgan fingerprint density at radius 1 is 0.644 bits per heavy atom. The van der Waals surface area contributed by atoms with E-state index in [1.54, 1.807) is 36.4 Å². The van der Waals surface area contributed by atoms with E-state index in [1.807, 2.05) is 116 Å². The Kier molecular flexibility index (Phi) is 7.27. The number of hydrogen-bond acceptors (Lipinski definition) is 3. The van der Waals surface area contributed by atoms with Crippen LogP contribution < -0.4 is 0 Å². The molecule has 0 amide bonds. The van der Waals surface area contributed by atoms with Crippen LogP contribution in [0.15, 0.2) is 170 Å². The molecule has 2 aromatic heterocycles. The van der Waals surface area contributed by atoms with Crippen LogP contribution in [0.25, 0.3) is 83.9 Å². The van der Waals surface area contributed by atoms with E-state index in [0.29, 0.717) is 55.9 Å². The molecule has 0 bridgehead atoms. The van der Waals surface area contributed by atoms with E-state index in [9.17, 15) is 6.48 Å². The number of benzene rings is 7. The number of aryl methyl sites for hydroxylation is 1. The van der Waals surface area contributed by atoms with Gasteiger partial charge in [0.05, 0.1) is 31.9 Å². The van der Waals surface area contributed by atoms with Gasteiger partial charge < -0.3 is 5.11 Å². The summed E-state index contributed by atoms with van der Waals surface area (Å²) in [6.07, 6.45) is -0.624. The van der Waals surface area contributed by atoms with E-state index in [-0.39, 0.29) is 43.6 Å². The fourth-order valence-corrected chi connectivity index (χ4v) is 7.17. The number of fused-ring (bicyclic) bond motifs is 1. The molecule has 0 saturated carbocycles. The predicted octanol–water partition coefficient (Wildman–Crippen LogP) is 13.8. The van der Waals surface area contributed by atoms with Gasteiger partial charge in [-0.25, -0.2) is 4.98 Å². The van der Waals surface area contributed by atoms with E-state index >= 15 is 0 Å². The van der Waals surface area contributed by atoms with E-state index < -0.39 is 78.2 Å². The fraction of sp³-hybridized carbons (Fsp3) is 0.111. The van der Waals surface area contributed by atoms with Gasteiger partial charge in [0.1, 0.15) is 11.6 Å². The van der Waals surface area contributed by atoms with E-state index in [0.717, 1.165) is 11.1 Å². The number of para-hydroxylation sites is 2. The summed E-state index contributed by atoms with van der Waals surface area (Å²) in [5, 5.41) is 11.5. The van der Waals surface area contributed by atoms with E-state index in [4.69, 9.17) is 21.4 Å². The number of phenolic OH excluding ortho intramolecular Hbond substituents is 1. The maximum absolute atomic E-state index is 11.5.